The van der Waals surface area contributed by atoms with Crippen LogP contribution in [-0.4, -0.2) is 7.05 Å². The van der Waals surface area contributed by atoms with Crippen molar-refractivity contribution >= 4 is 15.9 Å². The number of nitrogens with one attached hydrogen (secondary N) is 1. The van der Waals surface area contributed by atoms with E-state index >= 15 is 0 Å². The van der Waals surface area contributed by atoms with Gasteiger partial charge in [0.1, 0.15) is 5.82 Å². The summed E-state index contributed by atoms with van der Waals surface area (Å²) in [4.78, 5) is 0. The molecule has 104 valence electrons. The second kappa shape index (κ2) is 5.64. The van der Waals surface area contributed by atoms with Crippen LogP contribution in [0.1, 0.15) is 28.3 Å². The summed E-state index contributed by atoms with van der Waals surface area (Å²) in [7, 11) is 1.88. The molecule has 0 radical (unpaired) electrons. The SMILES string of the molecule is CNC(c1ccc2c(c1)COC2)c1cc(F)ccc1Br. The molecule has 1 atom stereocenters. The average Bonchev–Trinajstić information content (AvgIpc) is 2.91. The van der Waals surface area contributed by atoms with E-state index in [1.807, 2.05) is 7.05 Å². The molecule has 1 N–H and O–H groups in total. The van der Waals surface area contributed by atoms with Crippen LogP contribution in [-0.2, 0) is 18.0 Å². The summed E-state index contributed by atoms with van der Waals surface area (Å²) in [6.45, 7) is 1.34. The molecule has 3 rings (SSSR count). The Bertz CT molecular complexity index is 644. The molecule has 1 aliphatic heterocycles. The highest BCUT2D eigenvalue weighted by Crippen LogP contribution is 2.31. The lowest BCUT2D eigenvalue weighted by Gasteiger charge is -2.19. The van der Waals surface area contributed by atoms with E-state index in [0.29, 0.717) is 13.2 Å². The number of benzene rings is 2. The first kappa shape index (κ1) is 13.7. The maximum atomic E-state index is 13.5. The van der Waals surface area contributed by atoms with Crippen LogP contribution in [0.4, 0.5) is 4.39 Å². The summed E-state index contributed by atoms with van der Waals surface area (Å²) in [5.41, 5.74) is 4.46. The van der Waals surface area contributed by atoms with Gasteiger partial charge in [0.15, 0.2) is 0 Å². The number of rotatable bonds is 3. The molecule has 1 heterocycles. The monoisotopic (exact) mass is 335 g/mol. The molecule has 0 spiro atoms. The third-order valence-corrected chi connectivity index (χ3v) is 4.36. The van der Waals surface area contributed by atoms with Crippen molar-refractivity contribution < 1.29 is 9.13 Å². The molecule has 4 heteroatoms. The highest BCUT2D eigenvalue weighted by molar-refractivity contribution is 9.10. The summed E-state index contributed by atoms with van der Waals surface area (Å²) in [6, 6.07) is 11.0. The van der Waals surface area contributed by atoms with Crippen LogP contribution < -0.4 is 5.32 Å². The van der Waals surface area contributed by atoms with Gasteiger partial charge < -0.3 is 10.1 Å². The van der Waals surface area contributed by atoms with Crippen LogP contribution in [0.15, 0.2) is 40.9 Å². The lowest BCUT2D eigenvalue weighted by atomic mass is 9.96. The van der Waals surface area contributed by atoms with Gasteiger partial charge in [-0.3, -0.25) is 0 Å². The highest BCUT2D eigenvalue weighted by atomic mass is 79.9. The summed E-state index contributed by atoms with van der Waals surface area (Å²) >= 11 is 3.50. The number of fused-ring (bicyclic) bond motifs is 1. The molecule has 20 heavy (non-hydrogen) atoms. The second-order valence-electron chi connectivity index (χ2n) is 4.91. The van der Waals surface area contributed by atoms with Gasteiger partial charge in [0.2, 0.25) is 0 Å². The van der Waals surface area contributed by atoms with Crippen LogP contribution in [0.2, 0.25) is 0 Å². The Hall–Kier alpha value is -1.23. The second-order valence-corrected chi connectivity index (χ2v) is 5.76. The van der Waals surface area contributed by atoms with E-state index in [4.69, 9.17) is 4.74 Å². The van der Waals surface area contributed by atoms with Gasteiger partial charge in [0.25, 0.3) is 0 Å². The topological polar surface area (TPSA) is 21.3 Å². The number of hydrogen-bond donors (Lipinski definition) is 1. The molecule has 1 unspecified atom stereocenters. The fourth-order valence-electron chi connectivity index (χ4n) is 2.61. The Balaban J connectivity index is 2.03. The molecule has 0 aliphatic carbocycles. The van der Waals surface area contributed by atoms with Crippen molar-refractivity contribution in [3.05, 3.63) is 68.9 Å². The molecular weight excluding hydrogens is 321 g/mol. The molecule has 1 aliphatic rings. The van der Waals surface area contributed by atoms with Crippen LogP contribution >= 0.6 is 15.9 Å². The fourth-order valence-corrected chi connectivity index (χ4v) is 3.08. The predicted molar refractivity (Wildman–Crippen MR) is 79.9 cm³/mol. The van der Waals surface area contributed by atoms with Crippen molar-refractivity contribution in [3.8, 4) is 0 Å². The van der Waals surface area contributed by atoms with Crippen molar-refractivity contribution in [1.82, 2.24) is 5.32 Å². The van der Waals surface area contributed by atoms with Gasteiger partial charge in [-0.2, -0.15) is 0 Å². The van der Waals surface area contributed by atoms with Gasteiger partial charge in [-0.25, -0.2) is 4.39 Å². The first-order valence-corrected chi connectivity index (χ1v) is 7.30. The van der Waals surface area contributed by atoms with Crippen molar-refractivity contribution in [1.29, 1.82) is 0 Å². The molecule has 0 saturated heterocycles. The zero-order valence-electron chi connectivity index (χ0n) is 11.1. The van der Waals surface area contributed by atoms with Gasteiger partial charge in [-0.1, -0.05) is 34.1 Å². The minimum atomic E-state index is -0.229. The molecule has 0 fully saturated rings. The third kappa shape index (κ3) is 2.51. The van der Waals surface area contributed by atoms with Gasteiger partial charge in [-0.15, -0.1) is 0 Å². The number of ether oxygens (including phenoxy) is 1. The lowest BCUT2D eigenvalue weighted by molar-refractivity contribution is 0.134. The van der Waals surface area contributed by atoms with Gasteiger partial charge in [-0.05, 0) is 47.5 Å². The van der Waals surface area contributed by atoms with Gasteiger partial charge in [0, 0.05) is 4.47 Å². The van der Waals surface area contributed by atoms with Crippen molar-refractivity contribution in [3.63, 3.8) is 0 Å². The maximum absolute atomic E-state index is 13.5. The standard InChI is InChI=1S/C16H15BrFNO/c1-19-16(14-7-13(18)4-5-15(14)17)10-2-3-11-8-20-9-12(11)6-10/h2-7,16,19H,8-9H2,1H3. The van der Waals surface area contributed by atoms with Gasteiger partial charge >= 0.3 is 0 Å². The first-order chi connectivity index (χ1) is 9.69. The molecule has 0 amide bonds. The van der Waals surface area contributed by atoms with E-state index in [1.165, 1.54) is 17.2 Å². The molecule has 0 bridgehead atoms. The van der Waals surface area contributed by atoms with Crippen molar-refractivity contribution in [2.45, 2.75) is 19.3 Å². The van der Waals surface area contributed by atoms with E-state index in [0.717, 1.165) is 15.6 Å². The molecular formula is C16H15BrFNO. The quantitative estimate of drug-likeness (QED) is 0.917. The van der Waals surface area contributed by atoms with E-state index in [-0.39, 0.29) is 11.9 Å². The Morgan fingerprint density at radius 1 is 1.15 bits per heavy atom. The molecule has 2 aromatic carbocycles. The summed E-state index contributed by atoms with van der Waals surface area (Å²) in [5.74, 6) is -0.229. The normalized spacial score (nSPS) is 15.2. The minimum absolute atomic E-state index is 0.0500. The Labute approximate surface area is 126 Å². The molecule has 0 aromatic heterocycles. The molecule has 2 aromatic rings. The number of halogens is 2. The number of hydrogen-bond acceptors (Lipinski definition) is 2. The lowest BCUT2D eigenvalue weighted by Crippen LogP contribution is -2.18. The van der Waals surface area contributed by atoms with Crippen LogP contribution in [0.25, 0.3) is 0 Å². The smallest absolute Gasteiger partial charge is 0.123 e. The highest BCUT2D eigenvalue weighted by Gasteiger charge is 2.19. The predicted octanol–water partition coefficient (Wildman–Crippen LogP) is 3.93. The van der Waals surface area contributed by atoms with Crippen LogP contribution in [0.3, 0.4) is 0 Å². The largest absolute Gasteiger partial charge is 0.372 e. The Morgan fingerprint density at radius 3 is 2.75 bits per heavy atom. The van der Waals surface area contributed by atoms with E-state index in [9.17, 15) is 4.39 Å². The third-order valence-electron chi connectivity index (χ3n) is 3.64. The Morgan fingerprint density at radius 2 is 1.95 bits per heavy atom. The van der Waals surface area contributed by atoms with E-state index in [2.05, 4.69) is 39.4 Å². The summed E-state index contributed by atoms with van der Waals surface area (Å²) < 4.78 is 19.9. The maximum Gasteiger partial charge on any atom is 0.123 e. The first-order valence-electron chi connectivity index (χ1n) is 6.50. The van der Waals surface area contributed by atoms with E-state index < -0.39 is 0 Å². The zero-order chi connectivity index (χ0) is 14.1. The summed E-state index contributed by atoms with van der Waals surface area (Å²) in [5, 5.41) is 3.26. The van der Waals surface area contributed by atoms with Crippen molar-refractivity contribution in [2.75, 3.05) is 7.05 Å². The van der Waals surface area contributed by atoms with E-state index in [1.54, 1.807) is 12.1 Å². The van der Waals surface area contributed by atoms with Gasteiger partial charge in [0.05, 0.1) is 19.3 Å². The average molecular weight is 336 g/mol. The fraction of sp³-hybridized carbons (Fsp3) is 0.250. The van der Waals surface area contributed by atoms with Crippen LogP contribution in [0, 0.1) is 5.82 Å². The zero-order valence-corrected chi connectivity index (χ0v) is 12.7. The molecule has 2 nitrogen and oxygen atoms in total. The molecule has 0 saturated carbocycles. The Kier molecular flexibility index (Phi) is 3.87. The minimum Gasteiger partial charge on any atom is -0.372 e. The van der Waals surface area contributed by atoms with Crippen molar-refractivity contribution in [2.24, 2.45) is 0 Å². The summed E-state index contributed by atoms with van der Waals surface area (Å²) in [6.07, 6.45) is 0. The van der Waals surface area contributed by atoms with Crippen LogP contribution in [0.5, 0.6) is 0 Å².